The Balaban J connectivity index is 3.94. The third-order valence-electron chi connectivity index (χ3n) is 1.25. The molecule has 0 N–H and O–H groups in total. The molecular weight excluding hydrogens is 141 g/mol. The van der Waals surface area contributed by atoms with Gasteiger partial charge in [-0.2, -0.15) is 5.26 Å². The molecule has 11 heavy (non-hydrogen) atoms. The summed E-state index contributed by atoms with van der Waals surface area (Å²) >= 11 is 0. The van der Waals surface area contributed by atoms with Gasteiger partial charge in [-0.1, -0.05) is 23.8 Å². The lowest BCUT2D eigenvalue weighted by Gasteiger charge is -1.91. The second kappa shape index (κ2) is 5.67. The minimum atomic E-state index is -0.447. The molecule has 0 aromatic carbocycles. The Hall–Kier alpha value is -1.10. The standard InChI is InChI=1S/C9H12FN/c1-8(5-6-10)3-4-9(2)7-11/h3-5,9H,6H2,1-2H3/b4-3-,8-5-. The summed E-state index contributed by atoms with van der Waals surface area (Å²) in [5.74, 6) is -0.0991. The summed E-state index contributed by atoms with van der Waals surface area (Å²) < 4.78 is 11.7. The molecule has 1 atom stereocenters. The van der Waals surface area contributed by atoms with Crippen LogP contribution in [0.4, 0.5) is 4.39 Å². The van der Waals surface area contributed by atoms with Crippen molar-refractivity contribution in [2.24, 2.45) is 5.92 Å². The fraction of sp³-hybridized carbons (Fsp3) is 0.444. The summed E-state index contributed by atoms with van der Waals surface area (Å²) in [6, 6.07) is 2.05. The summed E-state index contributed by atoms with van der Waals surface area (Å²) in [6.07, 6.45) is 4.98. The van der Waals surface area contributed by atoms with Gasteiger partial charge in [0, 0.05) is 0 Å². The van der Waals surface area contributed by atoms with Crippen LogP contribution < -0.4 is 0 Å². The van der Waals surface area contributed by atoms with Crippen LogP contribution in [0.3, 0.4) is 0 Å². The average molecular weight is 153 g/mol. The van der Waals surface area contributed by atoms with Crippen molar-refractivity contribution >= 4 is 0 Å². The molecule has 0 amide bonds. The Morgan fingerprint density at radius 1 is 1.73 bits per heavy atom. The van der Waals surface area contributed by atoms with Crippen molar-refractivity contribution in [2.45, 2.75) is 13.8 Å². The number of hydrogen-bond acceptors (Lipinski definition) is 1. The van der Waals surface area contributed by atoms with Crippen LogP contribution in [-0.4, -0.2) is 6.67 Å². The van der Waals surface area contributed by atoms with E-state index in [0.717, 1.165) is 5.57 Å². The maximum atomic E-state index is 11.7. The van der Waals surface area contributed by atoms with Gasteiger partial charge in [-0.3, -0.25) is 0 Å². The van der Waals surface area contributed by atoms with Crippen molar-refractivity contribution in [1.82, 2.24) is 0 Å². The Morgan fingerprint density at radius 3 is 2.82 bits per heavy atom. The van der Waals surface area contributed by atoms with Gasteiger partial charge in [0.15, 0.2) is 0 Å². The first-order valence-electron chi connectivity index (χ1n) is 3.51. The quantitative estimate of drug-likeness (QED) is 0.572. The molecule has 0 aromatic heterocycles. The lowest BCUT2D eigenvalue weighted by Crippen LogP contribution is -1.81. The fourth-order valence-corrected chi connectivity index (χ4v) is 0.529. The van der Waals surface area contributed by atoms with E-state index in [9.17, 15) is 4.39 Å². The Labute approximate surface area is 66.8 Å². The molecule has 0 aliphatic carbocycles. The smallest absolute Gasteiger partial charge is 0.108 e. The summed E-state index contributed by atoms with van der Waals surface area (Å²) in [4.78, 5) is 0. The highest BCUT2D eigenvalue weighted by Crippen LogP contribution is 2.00. The van der Waals surface area contributed by atoms with Crippen LogP contribution in [0.2, 0.25) is 0 Å². The van der Waals surface area contributed by atoms with Gasteiger partial charge >= 0.3 is 0 Å². The van der Waals surface area contributed by atoms with E-state index in [1.54, 1.807) is 26.0 Å². The lowest BCUT2D eigenvalue weighted by atomic mass is 10.1. The fourth-order valence-electron chi connectivity index (χ4n) is 0.529. The van der Waals surface area contributed by atoms with Crippen molar-refractivity contribution in [3.05, 3.63) is 23.8 Å². The minimum Gasteiger partial charge on any atom is -0.247 e. The molecule has 0 heterocycles. The zero-order valence-electron chi connectivity index (χ0n) is 6.84. The van der Waals surface area contributed by atoms with Crippen LogP contribution in [0.25, 0.3) is 0 Å². The van der Waals surface area contributed by atoms with Gasteiger partial charge in [-0.05, 0) is 13.8 Å². The SMILES string of the molecule is CC(/C=C\C(C)C#N)=C/CF. The zero-order valence-corrected chi connectivity index (χ0v) is 6.84. The average Bonchev–Trinajstić information content (AvgIpc) is 2.01. The second-order valence-electron chi connectivity index (χ2n) is 2.38. The number of allylic oxidation sites excluding steroid dienone is 4. The molecule has 0 radical (unpaired) electrons. The van der Waals surface area contributed by atoms with Gasteiger partial charge in [-0.15, -0.1) is 0 Å². The maximum Gasteiger partial charge on any atom is 0.108 e. The van der Waals surface area contributed by atoms with Crippen LogP contribution in [0.15, 0.2) is 23.8 Å². The van der Waals surface area contributed by atoms with Gasteiger partial charge in [-0.25, -0.2) is 4.39 Å². The topological polar surface area (TPSA) is 23.8 Å². The first-order chi connectivity index (χ1) is 5.20. The molecule has 1 unspecified atom stereocenters. The molecule has 0 spiro atoms. The van der Waals surface area contributed by atoms with Crippen LogP contribution in [0.1, 0.15) is 13.8 Å². The van der Waals surface area contributed by atoms with Gasteiger partial charge in [0.1, 0.15) is 6.67 Å². The monoisotopic (exact) mass is 153 g/mol. The van der Waals surface area contributed by atoms with Crippen molar-refractivity contribution in [3.8, 4) is 6.07 Å². The Morgan fingerprint density at radius 2 is 2.36 bits per heavy atom. The van der Waals surface area contributed by atoms with E-state index in [1.807, 2.05) is 0 Å². The van der Waals surface area contributed by atoms with Crippen molar-refractivity contribution < 1.29 is 4.39 Å². The summed E-state index contributed by atoms with van der Waals surface area (Å²) in [5.41, 5.74) is 0.856. The molecule has 60 valence electrons. The maximum absolute atomic E-state index is 11.7. The highest BCUT2D eigenvalue weighted by atomic mass is 19.1. The van der Waals surface area contributed by atoms with Crippen LogP contribution in [-0.2, 0) is 0 Å². The predicted molar refractivity (Wildman–Crippen MR) is 43.6 cm³/mol. The predicted octanol–water partition coefficient (Wildman–Crippen LogP) is 2.62. The molecule has 0 fully saturated rings. The van der Waals surface area contributed by atoms with E-state index in [1.165, 1.54) is 6.08 Å². The van der Waals surface area contributed by atoms with Crippen molar-refractivity contribution in [2.75, 3.05) is 6.67 Å². The largest absolute Gasteiger partial charge is 0.247 e. The number of hydrogen-bond donors (Lipinski definition) is 0. The normalized spacial score (nSPS) is 14.9. The molecule has 0 rings (SSSR count). The Kier molecular flexibility index (Phi) is 5.10. The number of nitrogens with zero attached hydrogens (tertiary/aromatic N) is 1. The van der Waals surface area contributed by atoms with Gasteiger partial charge in [0.2, 0.25) is 0 Å². The van der Waals surface area contributed by atoms with Crippen molar-refractivity contribution in [1.29, 1.82) is 5.26 Å². The van der Waals surface area contributed by atoms with E-state index >= 15 is 0 Å². The second-order valence-corrected chi connectivity index (χ2v) is 2.38. The molecule has 0 aromatic rings. The summed E-state index contributed by atoms with van der Waals surface area (Å²) in [7, 11) is 0. The van der Waals surface area contributed by atoms with Gasteiger partial charge < -0.3 is 0 Å². The minimum absolute atomic E-state index is 0.0991. The molecular formula is C9H12FN. The molecule has 0 saturated carbocycles. The molecule has 0 saturated heterocycles. The third-order valence-corrected chi connectivity index (χ3v) is 1.25. The first-order valence-corrected chi connectivity index (χ1v) is 3.51. The molecule has 0 aliphatic rings. The lowest BCUT2D eigenvalue weighted by molar-refractivity contribution is 0.560. The number of alkyl halides is 1. The van der Waals surface area contributed by atoms with Crippen LogP contribution >= 0.6 is 0 Å². The molecule has 1 nitrogen and oxygen atoms in total. The van der Waals surface area contributed by atoms with E-state index in [-0.39, 0.29) is 5.92 Å². The first kappa shape index (κ1) is 9.90. The van der Waals surface area contributed by atoms with Gasteiger partial charge in [0.05, 0.1) is 12.0 Å². The molecule has 2 heteroatoms. The third kappa shape index (κ3) is 5.35. The number of nitriles is 1. The van der Waals surface area contributed by atoms with Gasteiger partial charge in [0.25, 0.3) is 0 Å². The van der Waals surface area contributed by atoms with E-state index in [2.05, 4.69) is 6.07 Å². The van der Waals surface area contributed by atoms with Crippen LogP contribution in [0.5, 0.6) is 0 Å². The van der Waals surface area contributed by atoms with Crippen LogP contribution in [0, 0.1) is 17.2 Å². The van der Waals surface area contributed by atoms with Crippen molar-refractivity contribution in [3.63, 3.8) is 0 Å². The highest BCUT2D eigenvalue weighted by Gasteiger charge is 1.89. The van der Waals surface area contributed by atoms with E-state index in [4.69, 9.17) is 5.26 Å². The molecule has 0 bridgehead atoms. The number of halogens is 1. The van der Waals surface area contributed by atoms with E-state index in [0.29, 0.717) is 0 Å². The summed E-state index contributed by atoms with van der Waals surface area (Å²) in [5, 5.41) is 8.38. The molecule has 0 aliphatic heterocycles. The zero-order chi connectivity index (χ0) is 8.69. The summed E-state index contributed by atoms with van der Waals surface area (Å²) in [6.45, 7) is 3.15. The highest BCUT2D eigenvalue weighted by molar-refractivity contribution is 5.17. The Bertz CT molecular complexity index is 198. The number of rotatable bonds is 3. The van der Waals surface area contributed by atoms with E-state index < -0.39 is 6.67 Å².